The minimum Gasteiger partial charge on any atom is -0.368 e. The second-order valence-corrected chi connectivity index (χ2v) is 8.63. The van der Waals surface area contributed by atoms with Crippen molar-refractivity contribution in [3.8, 4) is 0 Å². The summed E-state index contributed by atoms with van der Waals surface area (Å²) in [6, 6.07) is 5.64. The van der Waals surface area contributed by atoms with Crippen molar-refractivity contribution in [3.05, 3.63) is 46.5 Å². The molecule has 0 aliphatic carbocycles. The maximum absolute atomic E-state index is 12.5. The van der Waals surface area contributed by atoms with Gasteiger partial charge in [0.15, 0.2) is 0 Å². The second-order valence-electron chi connectivity index (χ2n) is 5.45. The normalized spacial score (nSPS) is 12.4. The molecule has 3 N–H and O–H groups in total. The zero-order valence-corrected chi connectivity index (χ0v) is 17.3. The topological polar surface area (TPSA) is 108 Å². The Morgan fingerprint density at radius 3 is 2.19 bits per heavy atom. The molecular formula is C17H24BrN2O5P. The van der Waals surface area contributed by atoms with Crippen LogP contribution in [0.2, 0.25) is 0 Å². The van der Waals surface area contributed by atoms with Crippen LogP contribution in [0.3, 0.4) is 0 Å². The van der Waals surface area contributed by atoms with Crippen LogP contribution in [-0.4, -0.2) is 31.1 Å². The Balaban J connectivity index is 2.82. The van der Waals surface area contributed by atoms with Crippen LogP contribution < -0.4 is 11.1 Å². The fourth-order valence-corrected chi connectivity index (χ4v) is 4.22. The van der Waals surface area contributed by atoms with E-state index < -0.39 is 25.5 Å². The number of rotatable bonds is 11. The highest BCUT2D eigenvalue weighted by atomic mass is 79.9. The van der Waals surface area contributed by atoms with Crippen LogP contribution in [0.15, 0.2) is 35.3 Å². The van der Waals surface area contributed by atoms with Crippen molar-refractivity contribution in [2.45, 2.75) is 32.5 Å². The molecule has 7 nitrogen and oxygen atoms in total. The summed E-state index contributed by atoms with van der Waals surface area (Å²) < 4.78 is 23.6. The first-order valence-electron chi connectivity index (χ1n) is 8.11. The molecule has 0 fully saturated rings. The highest BCUT2D eigenvalue weighted by Gasteiger charge is 2.24. The van der Waals surface area contributed by atoms with Crippen molar-refractivity contribution in [2.75, 3.05) is 13.2 Å². The van der Waals surface area contributed by atoms with Gasteiger partial charge < -0.3 is 20.1 Å². The van der Waals surface area contributed by atoms with E-state index in [1.165, 1.54) is 0 Å². The quantitative estimate of drug-likeness (QED) is 0.506. The average molecular weight is 447 g/mol. The first-order valence-corrected chi connectivity index (χ1v) is 10.6. The lowest BCUT2D eigenvalue weighted by molar-refractivity contribution is -0.119. The summed E-state index contributed by atoms with van der Waals surface area (Å²) in [5, 5.41) is 2.56. The Morgan fingerprint density at radius 1 is 1.23 bits per heavy atom. The molecule has 0 saturated carbocycles. The van der Waals surface area contributed by atoms with Crippen molar-refractivity contribution in [1.82, 2.24) is 5.32 Å². The fourth-order valence-electron chi connectivity index (χ4n) is 2.19. The van der Waals surface area contributed by atoms with Crippen LogP contribution in [0.4, 0.5) is 0 Å². The summed E-state index contributed by atoms with van der Waals surface area (Å²) in [7, 11) is -3.21. The summed E-state index contributed by atoms with van der Waals surface area (Å²) in [5.74, 6) is -1.09. The van der Waals surface area contributed by atoms with E-state index in [0.29, 0.717) is 15.6 Å². The molecule has 144 valence electrons. The Labute approximate surface area is 162 Å². The Bertz CT molecular complexity index is 683. The summed E-state index contributed by atoms with van der Waals surface area (Å²) in [4.78, 5) is 23.7. The van der Waals surface area contributed by atoms with Crippen LogP contribution in [-0.2, 0) is 24.6 Å². The highest BCUT2D eigenvalue weighted by molar-refractivity contribution is 9.11. The van der Waals surface area contributed by atoms with E-state index in [1.54, 1.807) is 38.1 Å². The van der Waals surface area contributed by atoms with Gasteiger partial charge >= 0.3 is 7.60 Å². The van der Waals surface area contributed by atoms with Crippen molar-refractivity contribution < 1.29 is 23.2 Å². The molecule has 0 radical (unpaired) electrons. The van der Waals surface area contributed by atoms with Gasteiger partial charge in [-0.05, 0) is 36.0 Å². The van der Waals surface area contributed by atoms with Crippen molar-refractivity contribution >= 4 is 35.3 Å². The third kappa shape index (κ3) is 7.41. The van der Waals surface area contributed by atoms with E-state index >= 15 is 0 Å². The molecule has 0 saturated heterocycles. The molecule has 1 aromatic rings. The van der Waals surface area contributed by atoms with Gasteiger partial charge in [-0.1, -0.05) is 34.6 Å². The monoisotopic (exact) mass is 446 g/mol. The van der Waals surface area contributed by atoms with Crippen LogP contribution in [0, 0.1) is 0 Å². The third-order valence-electron chi connectivity index (χ3n) is 3.32. The van der Waals surface area contributed by atoms with E-state index in [4.69, 9.17) is 14.8 Å². The van der Waals surface area contributed by atoms with Gasteiger partial charge in [-0.3, -0.25) is 14.2 Å². The standard InChI is InChI=1S/C17H24BrN2O5P/c1-4-24-26(23,25-5-2)11-13-6-8-14(9-7-13)17(22)20-15(16(19)21)10-12(3)18/h6-9,15H,3-5,10-11H2,1-2H3,(H2,19,21)(H,20,22)/t15-/m1/s1. The number of carbonyl (C=O) groups is 2. The largest absolute Gasteiger partial charge is 0.368 e. The first kappa shape index (κ1) is 22.6. The predicted octanol–water partition coefficient (Wildman–Crippen LogP) is 3.34. The molecule has 0 aliphatic rings. The van der Waals surface area contributed by atoms with Gasteiger partial charge in [-0.15, -0.1) is 0 Å². The number of benzene rings is 1. The van der Waals surface area contributed by atoms with Gasteiger partial charge in [0.25, 0.3) is 5.91 Å². The number of halogens is 1. The number of nitrogens with two attached hydrogens (primary N) is 1. The molecule has 0 aromatic heterocycles. The van der Waals surface area contributed by atoms with E-state index in [1.807, 2.05) is 0 Å². The molecule has 1 rings (SSSR count). The SMILES string of the molecule is C=C(Br)C[C@@H](NC(=O)c1ccc(CP(=O)(OCC)OCC)cc1)C(N)=O. The highest BCUT2D eigenvalue weighted by Crippen LogP contribution is 2.51. The molecule has 1 atom stereocenters. The van der Waals surface area contributed by atoms with Gasteiger partial charge in [0.1, 0.15) is 6.04 Å². The van der Waals surface area contributed by atoms with Gasteiger partial charge in [-0.2, -0.15) is 0 Å². The number of primary amides is 1. The Hall–Kier alpha value is -1.47. The lowest BCUT2D eigenvalue weighted by atomic mass is 10.1. The van der Waals surface area contributed by atoms with Crippen LogP contribution in [0.5, 0.6) is 0 Å². The van der Waals surface area contributed by atoms with Crippen LogP contribution in [0.25, 0.3) is 0 Å². The molecule has 0 spiro atoms. The van der Waals surface area contributed by atoms with E-state index in [0.717, 1.165) is 0 Å². The molecule has 0 aliphatic heterocycles. The minimum absolute atomic E-state index is 0.115. The molecule has 2 amide bonds. The fraction of sp³-hybridized carbons (Fsp3) is 0.412. The van der Waals surface area contributed by atoms with Crippen molar-refractivity contribution in [3.63, 3.8) is 0 Å². The smallest absolute Gasteiger partial charge is 0.335 e. The van der Waals surface area contributed by atoms with Crippen LogP contribution in [0.1, 0.15) is 36.2 Å². The maximum atomic E-state index is 12.5. The molecule has 0 bridgehead atoms. The lowest BCUT2D eigenvalue weighted by Crippen LogP contribution is -2.44. The molecule has 1 aromatic carbocycles. The zero-order valence-electron chi connectivity index (χ0n) is 14.9. The number of hydrogen-bond donors (Lipinski definition) is 2. The maximum Gasteiger partial charge on any atom is 0.335 e. The van der Waals surface area contributed by atoms with Gasteiger partial charge in [0.05, 0.1) is 19.4 Å². The van der Waals surface area contributed by atoms with Crippen molar-refractivity contribution in [1.29, 1.82) is 0 Å². The van der Waals surface area contributed by atoms with Gasteiger partial charge in [0.2, 0.25) is 5.91 Å². The summed E-state index contributed by atoms with van der Waals surface area (Å²) in [6.07, 6.45) is 0.314. The van der Waals surface area contributed by atoms with E-state index in [-0.39, 0.29) is 25.8 Å². The summed E-state index contributed by atoms with van der Waals surface area (Å²) >= 11 is 3.15. The summed E-state index contributed by atoms with van der Waals surface area (Å²) in [5.41, 5.74) is 6.35. The van der Waals surface area contributed by atoms with Crippen molar-refractivity contribution in [2.24, 2.45) is 5.73 Å². The number of nitrogens with one attached hydrogen (secondary N) is 1. The number of amides is 2. The molecule has 0 unspecified atom stereocenters. The first-order chi connectivity index (χ1) is 12.2. The lowest BCUT2D eigenvalue weighted by Gasteiger charge is -2.17. The second kappa shape index (κ2) is 10.6. The van der Waals surface area contributed by atoms with Gasteiger partial charge in [-0.25, -0.2) is 0 Å². The van der Waals surface area contributed by atoms with E-state index in [2.05, 4.69) is 27.8 Å². The average Bonchev–Trinajstić information content (AvgIpc) is 2.54. The molecular weight excluding hydrogens is 423 g/mol. The number of hydrogen-bond acceptors (Lipinski definition) is 5. The Kier molecular flexibility index (Phi) is 9.22. The minimum atomic E-state index is -3.21. The third-order valence-corrected chi connectivity index (χ3v) is 5.70. The zero-order chi connectivity index (χ0) is 19.7. The van der Waals surface area contributed by atoms with E-state index in [9.17, 15) is 14.2 Å². The summed E-state index contributed by atoms with van der Waals surface area (Å²) in [6.45, 7) is 7.70. The van der Waals surface area contributed by atoms with Crippen LogP contribution >= 0.6 is 23.5 Å². The Morgan fingerprint density at radius 2 is 1.77 bits per heavy atom. The number of carbonyl (C=O) groups excluding carboxylic acids is 2. The predicted molar refractivity (Wildman–Crippen MR) is 104 cm³/mol. The molecule has 26 heavy (non-hydrogen) atoms. The molecule has 0 heterocycles. The molecule has 9 heteroatoms. The van der Waals surface area contributed by atoms with Gasteiger partial charge in [0, 0.05) is 12.0 Å².